The third-order valence-electron chi connectivity index (χ3n) is 4.11. The van der Waals surface area contributed by atoms with Gasteiger partial charge in [0, 0.05) is 37.3 Å². The Hall–Kier alpha value is -2.47. The van der Waals surface area contributed by atoms with E-state index in [-0.39, 0.29) is 0 Å². The van der Waals surface area contributed by atoms with Crippen LogP contribution in [0.1, 0.15) is 12.8 Å². The van der Waals surface area contributed by atoms with Gasteiger partial charge in [-0.3, -0.25) is 0 Å². The molecule has 1 aliphatic rings. The predicted molar refractivity (Wildman–Crippen MR) is 86.3 cm³/mol. The topological polar surface area (TPSA) is 39.1 Å². The Morgan fingerprint density at radius 2 is 1.48 bits per heavy atom. The fraction of sp³-hybridized carbons (Fsp3) is 0.278. The van der Waals surface area contributed by atoms with Gasteiger partial charge in [0.15, 0.2) is 0 Å². The van der Waals surface area contributed by atoms with Gasteiger partial charge in [-0.1, -0.05) is 36.4 Å². The molecule has 3 rings (SSSR count). The number of hydrogen-bond acceptors (Lipinski definition) is 3. The van der Waals surface area contributed by atoms with E-state index in [0.29, 0.717) is 0 Å². The zero-order valence-corrected chi connectivity index (χ0v) is 12.0. The molecule has 1 fully saturated rings. The van der Waals surface area contributed by atoms with Crippen molar-refractivity contribution in [2.45, 2.75) is 18.4 Å². The third-order valence-corrected chi connectivity index (χ3v) is 4.11. The molecule has 0 saturated carbocycles. The Balaban J connectivity index is 1.69. The molecule has 0 amide bonds. The molecule has 3 nitrogen and oxygen atoms in total. The minimum absolute atomic E-state index is 0.452. The summed E-state index contributed by atoms with van der Waals surface area (Å²) in [6.07, 6.45) is 1.65. The monoisotopic (exact) mass is 277 g/mol. The van der Waals surface area contributed by atoms with E-state index in [2.05, 4.69) is 40.6 Å². The highest BCUT2D eigenvalue weighted by atomic mass is 15.2. The minimum atomic E-state index is -0.452. The van der Waals surface area contributed by atoms with Crippen LogP contribution in [0.15, 0.2) is 60.7 Å². The molecule has 0 spiro atoms. The molecule has 2 aromatic rings. The number of anilines is 2. The number of hydrogen-bond donors (Lipinski definition) is 1. The summed E-state index contributed by atoms with van der Waals surface area (Å²) < 4.78 is 0. The lowest BCUT2D eigenvalue weighted by Crippen LogP contribution is -2.48. The fourth-order valence-corrected chi connectivity index (χ4v) is 2.85. The Morgan fingerprint density at radius 3 is 2.05 bits per heavy atom. The number of rotatable bonds is 3. The second-order valence-corrected chi connectivity index (χ2v) is 5.51. The maximum Gasteiger partial charge on any atom is 0.128 e. The molecule has 1 N–H and O–H groups in total. The van der Waals surface area contributed by atoms with Crippen LogP contribution < -0.4 is 10.2 Å². The number of nitrogens with one attached hydrogen (secondary N) is 1. The summed E-state index contributed by atoms with van der Waals surface area (Å²) in [5.74, 6) is 0. The summed E-state index contributed by atoms with van der Waals surface area (Å²) in [5.41, 5.74) is 1.81. The van der Waals surface area contributed by atoms with Crippen molar-refractivity contribution < 1.29 is 0 Å². The average molecular weight is 277 g/mol. The van der Waals surface area contributed by atoms with Crippen LogP contribution in [-0.4, -0.2) is 18.6 Å². The van der Waals surface area contributed by atoms with Gasteiger partial charge in [-0.25, -0.2) is 0 Å². The Morgan fingerprint density at radius 1 is 0.905 bits per heavy atom. The van der Waals surface area contributed by atoms with Crippen molar-refractivity contribution in [1.29, 1.82) is 5.26 Å². The first-order valence-electron chi connectivity index (χ1n) is 7.36. The largest absolute Gasteiger partial charge is 0.371 e. The summed E-state index contributed by atoms with van der Waals surface area (Å²) in [6.45, 7) is 1.80. The van der Waals surface area contributed by atoms with Crippen LogP contribution in [0.25, 0.3) is 0 Å². The van der Waals surface area contributed by atoms with Crippen LogP contribution in [0, 0.1) is 11.3 Å². The lowest BCUT2D eigenvalue weighted by atomic mass is 9.88. The molecule has 1 aliphatic heterocycles. The van der Waals surface area contributed by atoms with Gasteiger partial charge in [0.1, 0.15) is 5.54 Å². The van der Waals surface area contributed by atoms with Crippen LogP contribution >= 0.6 is 0 Å². The van der Waals surface area contributed by atoms with Gasteiger partial charge in [-0.05, 0) is 24.3 Å². The summed E-state index contributed by atoms with van der Waals surface area (Å²) >= 11 is 0. The number of piperidine rings is 1. The number of nitriles is 1. The van der Waals surface area contributed by atoms with E-state index in [0.717, 1.165) is 31.6 Å². The predicted octanol–water partition coefficient (Wildman–Crippen LogP) is 3.66. The van der Waals surface area contributed by atoms with Crippen LogP contribution in [0.4, 0.5) is 11.4 Å². The molecule has 1 heterocycles. The van der Waals surface area contributed by atoms with Gasteiger partial charge < -0.3 is 10.2 Å². The zero-order valence-electron chi connectivity index (χ0n) is 12.0. The molecule has 21 heavy (non-hydrogen) atoms. The summed E-state index contributed by atoms with van der Waals surface area (Å²) in [6, 6.07) is 22.9. The molecule has 0 aliphatic carbocycles. The van der Waals surface area contributed by atoms with Crippen LogP contribution in [-0.2, 0) is 0 Å². The first kappa shape index (κ1) is 13.5. The molecule has 0 aromatic heterocycles. The van der Waals surface area contributed by atoms with Gasteiger partial charge in [0.05, 0.1) is 6.07 Å². The number of para-hydroxylation sites is 2. The maximum atomic E-state index is 9.63. The highest BCUT2D eigenvalue weighted by Crippen LogP contribution is 2.29. The van der Waals surface area contributed by atoms with Crippen LogP contribution in [0.2, 0.25) is 0 Å². The fourth-order valence-electron chi connectivity index (χ4n) is 2.85. The minimum Gasteiger partial charge on any atom is -0.371 e. The quantitative estimate of drug-likeness (QED) is 0.930. The van der Waals surface area contributed by atoms with Gasteiger partial charge >= 0.3 is 0 Å². The highest BCUT2D eigenvalue weighted by Gasteiger charge is 2.34. The van der Waals surface area contributed by atoms with E-state index in [4.69, 9.17) is 0 Å². The van der Waals surface area contributed by atoms with Crippen molar-refractivity contribution in [2.75, 3.05) is 23.3 Å². The molecule has 2 aromatic carbocycles. The van der Waals surface area contributed by atoms with E-state index < -0.39 is 5.54 Å². The zero-order chi connectivity index (χ0) is 14.5. The summed E-state index contributed by atoms with van der Waals surface area (Å²) in [5, 5.41) is 13.1. The Kier molecular flexibility index (Phi) is 3.79. The van der Waals surface area contributed by atoms with Crippen molar-refractivity contribution in [3.63, 3.8) is 0 Å². The van der Waals surface area contributed by atoms with Crippen molar-refractivity contribution in [3.8, 4) is 6.07 Å². The molecule has 0 atom stereocenters. The van der Waals surface area contributed by atoms with Crippen LogP contribution in [0.5, 0.6) is 0 Å². The molecule has 1 saturated heterocycles. The Bertz CT molecular complexity index is 608. The van der Waals surface area contributed by atoms with E-state index >= 15 is 0 Å². The first-order valence-corrected chi connectivity index (χ1v) is 7.36. The molecule has 106 valence electrons. The molecular formula is C18H19N3. The first-order chi connectivity index (χ1) is 10.3. The molecular weight excluding hydrogens is 258 g/mol. The second kappa shape index (κ2) is 5.88. The lowest BCUT2D eigenvalue weighted by Gasteiger charge is -2.39. The third kappa shape index (κ3) is 3.00. The molecule has 0 unspecified atom stereocenters. The second-order valence-electron chi connectivity index (χ2n) is 5.51. The van der Waals surface area contributed by atoms with Gasteiger partial charge in [0.2, 0.25) is 0 Å². The molecule has 3 heteroatoms. The van der Waals surface area contributed by atoms with Crippen molar-refractivity contribution in [1.82, 2.24) is 0 Å². The van der Waals surface area contributed by atoms with E-state index in [1.807, 2.05) is 36.4 Å². The normalized spacial score (nSPS) is 17.0. The number of benzene rings is 2. The highest BCUT2D eigenvalue weighted by molar-refractivity contribution is 5.51. The van der Waals surface area contributed by atoms with E-state index in [9.17, 15) is 5.26 Å². The van der Waals surface area contributed by atoms with E-state index in [1.54, 1.807) is 0 Å². The Labute approximate surface area is 125 Å². The lowest BCUT2D eigenvalue weighted by molar-refractivity contribution is 0.445. The summed E-state index contributed by atoms with van der Waals surface area (Å²) in [7, 11) is 0. The maximum absolute atomic E-state index is 9.63. The van der Waals surface area contributed by atoms with Crippen molar-refractivity contribution >= 4 is 11.4 Å². The molecule has 0 bridgehead atoms. The van der Waals surface area contributed by atoms with E-state index in [1.165, 1.54) is 5.69 Å². The van der Waals surface area contributed by atoms with Gasteiger partial charge in [0.25, 0.3) is 0 Å². The smallest absolute Gasteiger partial charge is 0.128 e. The van der Waals surface area contributed by atoms with Gasteiger partial charge in [-0.15, -0.1) is 0 Å². The standard InChI is InChI=1S/C18H19N3/c19-15-18(20-16-7-3-1-4-8-16)11-13-21(14-12-18)17-9-5-2-6-10-17/h1-10,20H,11-14H2. The van der Waals surface area contributed by atoms with Crippen molar-refractivity contribution in [2.24, 2.45) is 0 Å². The molecule has 0 radical (unpaired) electrons. The SMILES string of the molecule is N#CC1(Nc2ccccc2)CCN(c2ccccc2)CC1. The van der Waals surface area contributed by atoms with Gasteiger partial charge in [-0.2, -0.15) is 5.26 Å². The number of nitrogens with zero attached hydrogens (tertiary/aromatic N) is 2. The summed E-state index contributed by atoms with van der Waals surface area (Å²) in [4.78, 5) is 2.35. The van der Waals surface area contributed by atoms with Crippen molar-refractivity contribution in [3.05, 3.63) is 60.7 Å². The average Bonchev–Trinajstić information content (AvgIpc) is 2.57. The van der Waals surface area contributed by atoms with Crippen LogP contribution in [0.3, 0.4) is 0 Å².